The third kappa shape index (κ3) is 5.22. The van der Waals surface area contributed by atoms with Gasteiger partial charge in [-0.3, -0.25) is 4.72 Å². The molecule has 0 radical (unpaired) electrons. The molecule has 0 saturated heterocycles. The lowest BCUT2D eigenvalue weighted by Crippen LogP contribution is -2.24. The normalized spacial score (nSPS) is 15.9. The minimum atomic E-state index is 0.0172. The van der Waals surface area contributed by atoms with Gasteiger partial charge in [0.2, 0.25) is 0 Å². The highest BCUT2D eigenvalue weighted by atomic mass is 32.8. The Bertz CT molecular complexity index is 126. The van der Waals surface area contributed by atoms with Gasteiger partial charge in [0, 0.05) is 5.25 Å². The molecule has 0 bridgehead atoms. The predicted molar refractivity (Wildman–Crippen MR) is 62.0 cm³/mol. The Kier molecular flexibility index (Phi) is 8.50. The zero-order chi connectivity index (χ0) is 9.40. The maximum Gasteiger partial charge on any atom is 0.0229 e. The van der Waals surface area contributed by atoms with Crippen molar-refractivity contribution in [3.05, 3.63) is 0 Å². The molecule has 0 aliphatic carbocycles. The molecule has 0 aliphatic rings. The molecule has 0 amide bonds. The van der Waals surface area contributed by atoms with E-state index in [9.17, 15) is 0 Å². The molecule has 0 aliphatic heterocycles. The number of rotatable bonds is 7. The van der Waals surface area contributed by atoms with Crippen molar-refractivity contribution in [2.45, 2.75) is 51.2 Å². The topological polar surface area (TPSA) is 12.0 Å². The van der Waals surface area contributed by atoms with Crippen LogP contribution in [0.1, 0.15) is 46.0 Å². The molecule has 0 saturated carbocycles. The van der Waals surface area contributed by atoms with E-state index >= 15 is 0 Å². The largest absolute Gasteiger partial charge is 0.264 e. The number of nitrogens with one attached hydrogen (secondary N) is 1. The quantitative estimate of drug-likeness (QED) is 0.688. The molecule has 0 heterocycles. The monoisotopic (exact) mass is 207 g/mol. The zero-order valence-electron chi connectivity index (χ0n) is 8.43. The molecule has 0 aromatic rings. The molecule has 0 aromatic heterocycles. The van der Waals surface area contributed by atoms with Crippen molar-refractivity contribution in [2.75, 3.05) is 7.05 Å². The first-order valence-electron chi connectivity index (χ1n) is 4.84. The highest BCUT2D eigenvalue weighted by Crippen LogP contribution is 2.12. The van der Waals surface area contributed by atoms with Crippen LogP contribution in [0.15, 0.2) is 0 Å². The van der Waals surface area contributed by atoms with Crippen molar-refractivity contribution in [1.29, 1.82) is 0 Å². The summed E-state index contributed by atoms with van der Waals surface area (Å²) in [5.74, 6) is 0. The molecule has 0 aromatic carbocycles. The van der Waals surface area contributed by atoms with E-state index in [1.165, 1.54) is 32.1 Å². The van der Waals surface area contributed by atoms with Gasteiger partial charge in [-0.15, -0.1) is 0 Å². The van der Waals surface area contributed by atoms with E-state index in [0.717, 1.165) is 5.25 Å². The van der Waals surface area contributed by atoms with Gasteiger partial charge in [0.1, 0.15) is 0 Å². The van der Waals surface area contributed by atoms with Crippen molar-refractivity contribution < 1.29 is 0 Å². The second kappa shape index (κ2) is 8.14. The van der Waals surface area contributed by atoms with Gasteiger partial charge in [0.15, 0.2) is 0 Å². The first kappa shape index (κ1) is 12.5. The maximum absolute atomic E-state index is 5.36. The van der Waals surface area contributed by atoms with Gasteiger partial charge in [0.05, 0.1) is 0 Å². The van der Waals surface area contributed by atoms with Gasteiger partial charge in [-0.25, -0.2) is 0 Å². The second-order valence-electron chi connectivity index (χ2n) is 3.05. The fourth-order valence-electron chi connectivity index (χ4n) is 1.28. The lowest BCUT2D eigenvalue weighted by atomic mass is 10.1. The highest BCUT2D eigenvalue weighted by Gasteiger charge is 2.09. The first-order valence-corrected chi connectivity index (χ1v) is 7.05. The standard InChI is InChI=1S/C9H21NS2/c1-4-6-8-9(7-5-2)12(11)10-3/h9-10H,4-8H2,1-3H3. The molecule has 12 heavy (non-hydrogen) atoms. The molecule has 0 spiro atoms. The van der Waals surface area contributed by atoms with E-state index in [0.29, 0.717) is 0 Å². The number of hydrogen-bond donors (Lipinski definition) is 1. The predicted octanol–water partition coefficient (Wildman–Crippen LogP) is 2.56. The van der Waals surface area contributed by atoms with Gasteiger partial charge in [-0.1, -0.05) is 42.8 Å². The maximum atomic E-state index is 5.36. The van der Waals surface area contributed by atoms with Crippen LogP contribution in [0.3, 0.4) is 0 Å². The first-order chi connectivity index (χ1) is 5.76. The Hall–Kier alpha value is 0.530. The summed E-state index contributed by atoms with van der Waals surface area (Å²) in [6.07, 6.45) is 6.46. The van der Waals surface area contributed by atoms with Crippen LogP contribution in [0.25, 0.3) is 0 Å². The van der Waals surface area contributed by atoms with Crippen LogP contribution in [0.2, 0.25) is 0 Å². The molecule has 0 rings (SSSR count). The van der Waals surface area contributed by atoms with Crippen LogP contribution in [0.4, 0.5) is 0 Å². The molecule has 1 N–H and O–H groups in total. The molecule has 2 atom stereocenters. The summed E-state index contributed by atoms with van der Waals surface area (Å²) in [5, 5.41) is 0.731. The summed E-state index contributed by atoms with van der Waals surface area (Å²) in [4.78, 5) is 0. The smallest absolute Gasteiger partial charge is 0.0229 e. The van der Waals surface area contributed by atoms with Crippen LogP contribution < -0.4 is 4.72 Å². The van der Waals surface area contributed by atoms with E-state index in [4.69, 9.17) is 11.2 Å². The van der Waals surface area contributed by atoms with Crippen molar-refractivity contribution in [3.63, 3.8) is 0 Å². The lowest BCUT2D eigenvalue weighted by Gasteiger charge is -2.16. The average molecular weight is 207 g/mol. The van der Waals surface area contributed by atoms with E-state index in [1.807, 2.05) is 7.05 Å². The molecule has 3 heteroatoms. The summed E-state index contributed by atoms with van der Waals surface area (Å²) in [7, 11) is 1.99. The van der Waals surface area contributed by atoms with Gasteiger partial charge >= 0.3 is 0 Å². The van der Waals surface area contributed by atoms with Crippen molar-refractivity contribution in [3.8, 4) is 0 Å². The number of unbranched alkanes of at least 4 members (excludes halogenated alkanes) is 1. The SMILES string of the molecule is CCCCC(CCC)S(=S)NC. The van der Waals surface area contributed by atoms with E-state index in [-0.39, 0.29) is 9.64 Å². The Morgan fingerprint density at radius 3 is 2.33 bits per heavy atom. The summed E-state index contributed by atoms with van der Waals surface area (Å²) >= 11 is 5.36. The second-order valence-corrected chi connectivity index (χ2v) is 5.80. The molecule has 2 unspecified atom stereocenters. The Balaban J connectivity index is 3.76. The van der Waals surface area contributed by atoms with E-state index in [2.05, 4.69) is 18.6 Å². The Morgan fingerprint density at radius 1 is 1.25 bits per heavy atom. The number of hydrogen-bond acceptors (Lipinski definition) is 1. The third-order valence-corrected chi connectivity index (χ3v) is 4.79. The van der Waals surface area contributed by atoms with E-state index < -0.39 is 0 Å². The molecular weight excluding hydrogens is 186 g/mol. The third-order valence-electron chi connectivity index (χ3n) is 1.99. The fraction of sp³-hybridized carbons (Fsp3) is 1.00. The molecule has 1 nitrogen and oxygen atoms in total. The summed E-state index contributed by atoms with van der Waals surface area (Å²) in [6.45, 7) is 4.48. The van der Waals surface area contributed by atoms with Crippen LogP contribution in [0, 0.1) is 0 Å². The lowest BCUT2D eigenvalue weighted by molar-refractivity contribution is 0.636. The zero-order valence-corrected chi connectivity index (χ0v) is 10.1. The molecular formula is C9H21NS2. The Morgan fingerprint density at radius 2 is 1.92 bits per heavy atom. The van der Waals surface area contributed by atoms with Crippen LogP contribution in [-0.4, -0.2) is 12.3 Å². The summed E-state index contributed by atoms with van der Waals surface area (Å²) in [6, 6.07) is 0. The van der Waals surface area contributed by atoms with Crippen LogP contribution in [0.5, 0.6) is 0 Å². The van der Waals surface area contributed by atoms with Crippen LogP contribution in [-0.2, 0) is 20.8 Å². The van der Waals surface area contributed by atoms with Gasteiger partial charge in [0.25, 0.3) is 0 Å². The van der Waals surface area contributed by atoms with Gasteiger partial charge in [-0.2, -0.15) is 0 Å². The van der Waals surface area contributed by atoms with Crippen molar-refractivity contribution in [2.24, 2.45) is 0 Å². The minimum absolute atomic E-state index is 0.0172. The highest BCUT2D eigenvalue weighted by molar-refractivity contribution is 8.28. The van der Waals surface area contributed by atoms with E-state index in [1.54, 1.807) is 0 Å². The minimum Gasteiger partial charge on any atom is -0.264 e. The van der Waals surface area contributed by atoms with Crippen LogP contribution >= 0.6 is 0 Å². The van der Waals surface area contributed by atoms with Crippen molar-refractivity contribution >= 4 is 20.8 Å². The molecule has 74 valence electrons. The molecule has 0 fully saturated rings. The average Bonchev–Trinajstić information content (AvgIpc) is 2.11. The Labute approximate surface area is 84.0 Å². The van der Waals surface area contributed by atoms with Crippen molar-refractivity contribution in [1.82, 2.24) is 4.72 Å². The fourth-order valence-corrected chi connectivity index (χ4v) is 3.02. The van der Waals surface area contributed by atoms with Gasteiger partial charge < -0.3 is 0 Å². The van der Waals surface area contributed by atoms with Gasteiger partial charge in [-0.05, 0) is 31.1 Å². The summed E-state index contributed by atoms with van der Waals surface area (Å²) < 4.78 is 3.20. The summed E-state index contributed by atoms with van der Waals surface area (Å²) in [5.41, 5.74) is 0.